The molecule has 0 spiro atoms. The quantitative estimate of drug-likeness (QED) is 0.924. The average Bonchev–Trinajstić information content (AvgIpc) is 2.90. The molecule has 2 fully saturated rings. The summed E-state index contributed by atoms with van der Waals surface area (Å²) in [5, 5.41) is 4.32. The third-order valence-corrected chi connectivity index (χ3v) is 6.26. The van der Waals surface area contributed by atoms with E-state index in [1.807, 2.05) is 24.3 Å². The van der Waals surface area contributed by atoms with E-state index in [9.17, 15) is 8.42 Å². The molecule has 0 amide bonds. The van der Waals surface area contributed by atoms with Gasteiger partial charge in [0, 0.05) is 23.7 Å². The minimum absolute atomic E-state index is 0.0285. The van der Waals surface area contributed by atoms with E-state index in [1.54, 1.807) is 0 Å². The molecule has 2 saturated heterocycles. The Morgan fingerprint density at radius 3 is 2.43 bits per heavy atom. The fourth-order valence-electron chi connectivity index (χ4n) is 3.10. The molecule has 0 radical (unpaired) electrons. The van der Waals surface area contributed by atoms with Crippen molar-refractivity contribution in [2.75, 3.05) is 18.1 Å². The van der Waals surface area contributed by atoms with Crippen molar-refractivity contribution in [3.05, 3.63) is 34.9 Å². The topological polar surface area (TPSA) is 55.4 Å². The summed E-state index contributed by atoms with van der Waals surface area (Å²) in [6.07, 6.45) is 2.38. The van der Waals surface area contributed by atoms with Crippen LogP contribution in [0.25, 0.3) is 0 Å². The first-order chi connectivity index (χ1) is 10.0. The number of rotatable bonds is 3. The van der Waals surface area contributed by atoms with E-state index < -0.39 is 9.84 Å². The lowest BCUT2D eigenvalue weighted by atomic mass is 10.00. The first-order valence-electron chi connectivity index (χ1n) is 7.37. The Hall–Kier alpha value is -0.620. The molecule has 0 unspecified atom stereocenters. The van der Waals surface area contributed by atoms with Gasteiger partial charge in [-0.1, -0.05) is 23.7 Å². The zero-order chi connectivity index (χ0) is 14.9. The van der Waals surface area contributed by atoms with E-state index in [4.69, 9.17) is 16.3 Å². The first-order valence-corrected chi connectivity index (χ1v) is 9.57. The van der Waals surface area contributed by atoms with Crippen molar-refractivity contribution in [2.24, 2.45) is 0 Å². The molecule has 0 aliphatic carbocycles. The highest BCUT2D eigenvalue weighted by atomic mass is 35.5. The van der Waals surface area contributed by atoms with Gasteiger partial charge < -0.3 is 10.1 Å². The first kappa shape index (κ1) is 15.3. The summed E-state index contributed by atoms with van der Waals surface area (Å²) in [4.78, 5) is 0. The van der Waals surface area contributed by atoms with E-state index in [2.05, 4.69) is 5.32 Å². The van der Waals surface area contributed by atoms with Crippen LogP contribution in [0.5, 0.6) is 0 Å². The Bertz CT molecular complexity index is 573. The van der Waals surface area contributed by atoms with Crippen LogP contribution in [0.4, 0.5) is 0 Å². The zero-order valence-corrected chi connectivity index (χ0v) is 13.4. The van der Waals surface area contributed by atoms with Gasteiger partial charge in [0.1, 0.15) is 9.84 Å². The van der Waals surface area contributed by atoms with Crippen LogP contribution in [-0.4, -0.2) is 38.6 Å². The molecular formula is C15H20ClNO3S. The minimum Gasteiger partial charge on any atom is -0.372 e. The van der Waals surface area contributed by atoms with E-state index in [0.29, 0.717) is 24.3 Å². The molecule has 116 valence electrons. The van der Waals surface area contributed by atoms with Crippen molar-refractivity contribution >= 4 is 21.4 Å². The Morgan fingerprint density at radius 1 is 1.10 bits per heavy atom. The lowest BCUT2D eigenvalue weighted by Gasteiger charge is -2.29. The molecule has 1 N–H and O–H groups in total. The fraction of sp³-hybridized carbons (Fsp3) is 0.600. The number of hydrogen-bond acceptors (Lipinski definition) is 4. The van der Waals surface area contributed by atoms with Crippen LogP contribution in [0.15, 0.2) is 24.3 Å². The second kappa shape index (κ2) is 6.24. The number of sulfone groups is 1. The van der Waals surface area contributed by atoms with Gasteiger partial charge in [-0.05, 0) is 37.0 Å². The average molecular weight is 330 g/mol. The molecule has 2 atom stereocenters. The van der Waals surface area contributed by atoms with Crippen molar-refractivity contribution in [1.29, 1.82) is 0 Å². The van der Waals surface area contributed by atoms with Gasteiger partial charge in [0.05, 0.1) is 17.6 Å². The number of halogens is 1. The SMILES string of the molecule is O=S1(=O)CCC(N[C@@H]2CCO[C@H]2c2ccc(Cl)cc2)CC1. The molecule has 21 heavy (non-hydrogen) atoms. The molecule has 3 rings (SSSR count). The summed E-state index contributed by atoms with van der Waals surface area (Å²) in [6, 6.07) is 8.27. The molecule has 6 heteroatoms. The van der Waals surface area contributed by atoms with Crippen molar-refractivity contribution in [1.82, 2.24) is 5.32 Å². The Labute approximate surface area is 130 Å². The lowest BCUT2D eigenvalue weighted by molar-refractivity contribution is 0.0960. The molecular weight excluding hydrogens is 310 g/mol. The summed E-state index contributed by atoms with van der Waals surface area (Å²) >= 11 is 5.92. The van der Waals surface area contributed by atoms with Crippen molar-refractivity contribution in [2.45, 2.75) is 37.5 Å². The van der Waals surface area contributed by atoms with Gasteiger partial charge in [0.15, 0.2) is 0 Å². The van der Waals surface area contributed by atoms with Gasteiger partial charge in [-0.3, -0.25) is 0 Å². The zero-order valence-electron chi connectivity index (χ0n) is 11.8. The summed E-state index contributed by atoms with van der Waals surface area (Å²) < 4.78 is 28.8. The second-order valence-electron chi connectivity index (χ2n) is 5.83. The molecule has 2 heterocycles. The Balaban J connectivity index is 1.63. The number of benzene rings is 1. The maximum Gasteiger partial charge on any atom is 0.150 e. The highest BCUT2D eigenvalue weighted by Crippen LogP contribution is 2.31. The van der Waals surface area contributed by atoms with Crippen molar-refractivity contribution < 1.29 is 13.2 Å². The lowest BCUT2D eigenvalue weighted by Crippen LogP contribution is -2.44. The monoisotopic (exact) mass is 329 g/mol. The second-order valence-corrected chi connectivity index (χ2v) is 8.57. The molecule has 2 aliphatic rings. The molecule has 0 bridgehead atoms. The van der Waals surface area contributed by atoms with Gasteiger partial charge in [-0.2, -0.15) is 0 Å². The van der Waals surface area contributed by atoms with Gasteiger partial charge in [-0.15, -0.1) is 0 Å². The Morgan fingerprint density at radius 2 is 1.76 bits per heavy atom. The largest absolute Gasteiger partial charge is 0.372 e. The van der Waals surface area contributed by atoms with E-state index in [1.165, 1.54) is 0 Å². The smallest absolute Gasteiger partial charge is 0.150 e. The molecule has 0 saturated carbocycles. The van der Waals surface area contributed by atoms with Gasteiger partial charge in [0.2, 0.25) is 0 Å². The van der Waals surface area contributed by atoms with Crippen molar-refractivity contribution in [3.63, 3.8) is 0 Å². The highest BCUT2D eigenvalue weighted by Gasteiger charge is 2.33. The summed E-state index contributed by atoms with van der Waals surface area (Å²) in [6.45, 7) is 0.732. The number of hydrogen-bond donors (Lipinski definition) is 1. The van der Waals surface area contributed by atoms with E-state index >= 15 is 0 Å². The van der Waals surface area contributed by atoms with Gasteiger partial charge in [0.25, 0.3) is 0 Å². The van der Waals surface area contributed by atoms with Crippen molar-refractivity contribution in [3.8, 4) is 0 Å². The summed E-state index contributed by atoms with van der Waals surface area (Å²) in [7, 11) is -2.81. The third kappa shape index (κ3) is 3.77. The molecule has 1 aromatic rings. The van der Waals surface area contributed by atoms with Gasteiger partial charge in [-0.25, -0.2) is 8.42 Å². The predicted molar refractivity (Wildman–Crippen MR) is 83.4 cm³/mol. The number of ether oxygens (including phenoxy) is 1. The highest BCUT2D eigenvalue weighted by molar-refractivity contribution is 7.91. The van der Waals surface area contributed by atoms with Crippen LogP contribution in [0.2, 0.25) is 5.02 Å². The van der Waals surface area contributed by atoms with E-state index in [-0.39, 0.29) is 18.2 Å². The third-order valence-electron chi connectivity index (χ3n) is 4.29. The molecule has 2 aliphatic heterocycles. The fourth-order valence-corrected chi connectivity index (χ4v) is 4.72. The van der Waals surface area contributed by atoms with Crippen LogP contribution < -0.4 is 5.32 Å². The maximum atomic E-state index is 11.5. The van der Waals surface area contributed by atoms with Crippen LogP contribution >= 0.6 is 11.6 Å². The van der Waals surface area contributed by atoms with Crippen LogP contribution in [0, 0.1) is 0 Å². The normalized spacial score (nSPS) is 29.6. The van der Waals surface area contributed by atoms with Crippen LogP contribution in [0.1, 0.15) is 30.9 Å². The van der Waals surface area contributed by atoms with Gasteiger partial charge >= 0.3 is 0 Å². The maximum absolute atomic E-state index is 11.5. The van der Waals surface area contributed by atoms with E-state index in [0.717, 1.165) is 23.6 Å². The van der Waals surface area contributed by atoms with Crippen LogP contribution in [-0.2, 0) is 14.6 Å². The minimum atomic E-state index is -2.81. The molecule has 1 aromatic carbocycles. The Kier molecular flexibility index (Phi) is 4.54. The molecule has 4 nitrogen and oxygen atoms in total. The number of nitrogens with one attached hydrogen (secondary N) is 1. The standard InChI is InChI=1S/C15H20ClNO3S/c16-12-3-1-11(2-4-12)15-14(5-8-20-15)17-13-6-9-21(18,19)10-7-13/h1-4,13-15,17H,5-10H2/t14-,15+/m1/s1. The summed E-state index contributed by atoms with van der Waals surface area (Å²) in [5.74, 6) is 0.591. The predicted octanol–water partition coefficient (Wildman–Crippen LogP) is 2.34. The molecule has 0 aromatic heterocycles. The van der Waals surface area contributed by atoms with Crippen LogP contribution in [0.3, 0.4) is 0 Å². The summed E-state index contributed by atoms with van der Waals surface area (Å²) in [5.41, 5.74) is 1.12.